The van der Waals surface area contributed by atoms with Crippen LogP contribution in [0.4, 0.5) is 20.5 Å². The summed E-state index contributed by atoms with van der Waals surface area (Å²) in [5, 5.41) is 8.70. The van der Waals surface area contributed by atoms with E-state index in [-0.39, 0.29) is 44.4 Å². The van der Waals surface area contributed by atoms with E-state index in [1.807, 2.05) is 12.1 Å². The third kappa shape index (κ3) is 5.10. The molecule has 3 N–H and O–H groups in total. The van der Waals surface area contributed by atoms with Crippen molar-refractivity contribution in [3.63, 3.8) is 0 Å². The lowest BCUT2D eigenvalue weighted by atomic mass is 10.1. The molecule has 1 aromatic carbocycles. The van der Waals surface area contributed by atoms with Gasteiger partial charge in [0, 0.05) is 43.7 Å². The van der Waals surface area contributed by atoms with Crippen LogP contribution in [-0.4, -0.2) is 61.7 Å². The molecule has 1 aliphatic rings. The first kappa shape index (κ1) is 24.3. The summed E-state index contributed by atoms with van der Waals surface area (Å²) in [6.45, 7) is 2.07. The van der Waals surface area contributed by atoms with Crippen LogP contribution in [0.5, 0.6) is 5.75 Å². The average Bonchev–Trinajstić information content (AvgIpc) is 3.44. The van der Waals surface area contributed by atoms with Gasteiger partial charge in [-0.1, -0.05) is 0 Å². The van der Waals surface area contributed by atoms with Crippen molar-refractivity contribution in [2.45, 2.75) is 32.4 Å². The molecule has 1 amide bonds. The maximum atomic E-state index is 13.5. The van der Waals surface area contributed by atoms with Crippen molar-refractivity contribution in [3.8, 4) is 5.75 Å². The van der Waals surface area contributed by atoms with Crippen molar-refractivity contribution in [2.75, 3.05) is 30.8 Å². The number of nitrogens with two attached hydrogens (primary N) is 1. The van der Waals surface area contributed by atoms with Crippen molar-refractivity contribution in [1.82, 2.24) is 35.0 Å². The molecule has 3 aromatic heterocycles. The van der Waals surface area contributed by atoms with Gasteiger partial charge >= 0.3 is 0 Å². The molecule has 0 atom stereocenters. The number of anilines is 2. The van der Waals surface area contributed by atoms with E-state index in [1.165, 1.54) is 4.90 Å². The lowest BCUT2D eigenvalue weighted by Gasteiger charge is -2.15. The Hall–Kier alpha value is -4.42. The molecule has 37 heavy (non-hydrogen) atoms. The molecule has 192 valence electrons. The Morgan fingerprint density at radius 2 is 2.00 bits per heavy atom. The largest absolute Gasteiger partial charge is 0.496 e. The number of fused-ring (bicyclic) bond motifs is 1. The summed E-state index contributed by atoms with van der Waals surface area (Å²) in [4.78, 5) is 31.0. The number of pyridine rings is 1. The molecule has 0 saturated carbocycles. The van der Waals surface area contributed by atoms with Crippen LogP contribution in [-0.2, 0) is 13.1 Å². The number of nitrogen functional groups attached to an aromatic ring is 1. The number of ether oxygens (including phenoxy) is 1. The molecule has 0 aliphatic carbocycles. The molecule has 0 spiro atoms. The highest BCUT2D eigenvalue weighted by molar-refractivity contribution is 5.96. The van der Waals surface area contributed by atoms with Gasteiger partial charge in [0.1, 0.15) is 17.4 Å². The van der Waals surface area contributed by atoms with Crippen molar-refractivity contribution < 1.29 is 18.3 Å². The minimum Gasteiger partial charge on any atom is -0.496 e. The molecular formula is C24H25F2N9O2. The van der Waals surface area contributed by atoms with Crippen LogP contribution in [0, 0.1) is 6.92 Å². The van der Waals surface area contributed by atoms with Gasteiger partial charge in [0.2, 0.25) is 11.8 Å². The number of carbonyl (C=O) groups is 1. The van der Waals surface area contributed by atoms with E-state index in [1.54, 1.807) is 43.4 Å². The zero-order valence-corrected chi connectivity index (χ0v) is 20.3. The second-order valence-corrected chi connectivity index (χ2v) is 8.83. The quantitative estimate of drug-likeness (QED) is 0.385. The van der Waals surface area contributed by atoms with Crippen molar-refractivity contribution >= 4 is 28.4 Å². The zero-order valence-electron chi connectivity index (χ0n) is 20.3. The van der Waals surface area contributed by atoms with Gasteiger partial charge in [-0.15, -0.1) is 5.10 Å². The molecule has 1 saturated heterocycles. The predicted octanol–water partition coefficient (Wildman–Crippen LogP) is 2.34. The van der Waals surface area contributed by atoms with Crippen LogP contribution in [0.1, 0.15) is 34.0 Å². The Labute approximate surface area is 210 Å². The first-order valence-electron chi connectivity index (χ1n) is 11.6. The van der Waals surface area contributed by atoms with Crippen LogP contribution in [0.3, 0.4) is 0 Å². The van der Waals surface area contributed by atoms with Gasteiger partial charge in [-0.3, -0.25) is 4.79 Å². The fourth-order valence-corrected chi connectivity index (χ4v) is 4.23. The van der Waals surface area contributed by atoms with E-state index in [4.69, 9.17) is 10.5 Å². The Bertz CT molecular complexity index is 1460. The number of benzene rings is 1. The fourth-order valence-electron chi connectivity index (χ4n) is 4.23. The van der Waals surface area contributed by atoms with Gasteiger partial charge in [0.05, 0.1) is 25.6 Å². The van der Waals surface area contributed by atoms with Crippen molar-refractivity contribution in [1.29, 1.82) is 0 Å². The highest BCUT2D eigenvalue weighted by Gasteiger charge is 2.39. The molecule has 0 unspecified atom stereocenters. The van der Waals surface area contributed by atoms with E-state index in [0.29, 0.717) is 28.3 Å². The number of amides is 1. The van der Waals surface area contributed by atoms with Crippen LogP contribution >= 0.6 is 0 Å². The number of halogens is 2. The van der Waals surface area contributed by atoms with E-state index in [9.17, 15) is 13.6 Å². The number of nitrogens with zero attached hydrogens (tertiary/aromatic N) is 7. The second kappa shape index (κ2) is 9.56. The molecule has 1 fully saturated rings. The van der Waals surface area contributed by atoms with Gasteiger partial charge in [0.25, 0.3) is 11.8 Å². The summed E-state index contributed by atoms with van der Waals surface area (Å²) < 4.78 is 33.9. The molecular weight excluding hydrogens is 484 g/mol. The number of aromatic nitrogens is 6. The van der Waals surface area contributed by atoms with E-state index < -0.39 is 11.8 Å². The first-order chi connectivity index (χ1) is 17.7. The van der Waals surface area contributed by atoms with Crippen LogP contribution in [0.15, 0.2) is 36.8 Å². The van der Waals surface area contributed by atoms with Crippen molar-refractivity contribution in [2.24, 2.45) is 0 Å². The van der Waals surface area contributed by atoms with Gasteiger partial charge in [-0.05, 0) is 36.1 Å². The van der Waals surface area contributed by atoms with E-state index in [0.717, 1.165) is 10.9 Å². The number of hydrogen-bond donors (Lipinski definition) is 2. The Kier molecular flexibility index (Phi) is 6.27. The fraction of sp³-hybridized carbons (Fsp3) is 0.333. The summed E-state index contributed by atoms with van der Waals surface area (Å²) in [7, 11) is 1.55. The molecule has 1 aliphatic heterocycles. The SMILES string of the molecule is COc1cc(CNC(=O)c2nc(C)n(Cc3cnc(N4CCC(F)(F)C4)nc3)n2)cc2ccnc(N)c12. The monoisotopic (exact) mass is 509 g/mol. The van der Waals surface area contributed by atoms with E-state index in [2.05, 4.69) is 30.4 Å². The van der Waals surface area contributed by atoms with E-state index >= 15 is 0 Å². The minimum absolute atomic E-state index is 0.0236. The van der Waals surface area contributed by atoms with Crippen LogP contribution in [0.25, 0.3) is 10.8 Å². The summed E-state index contributed by atoms with van der Waals surface area (Å²) in [5.74, 6) is -1.40. The molecule has 11 nitrogen and oxygen atoms in total. The molecule has 13 heteroatoms. The van der Waals surface area contributed by atoms with Gasteiger partial charge < -0.3 is 20.7 Å². The van der Waals surface area contributed by atoms with Gasteiger partial charge in [-0.2, -0.15) is 0 Å². The third-order valence-electron chi connectivity index (χ3n) is 6.13. The molecule has 0 radical (unpaired) electrons. The highest BCUT2D eigenvalue weighted by Crippen LogP contribution is 2.31. The lowest BCUT2D eigenvalue weighted by molar-refractivity contribution is 0.0256. The standard InChI is InChI=1S/C24H25F2N9O2/c1-14-32-21(22(36)29-9-15-7-17-3-5-28-20(27)19(17)18(8-15)37-2)33-35(14)12-16-10-30-23(31-11-16)34-6-4-24(25,26)13-34/h3,5,7-8,10-11H,4,6,9,12-13H2,1-2H3,(H2,27,28)(H,29,36). The number of methoxy groups -OCH3 is 1. The van der Waals surface area contributed by atoms with Crippen LogP contribution < -0.4 is 20.7 Å². The Balaban J connectivity index is 1.24. The zero-order chi connectivity index (χ0) is 26.2. The maximum absolute atomic E-state index is 13.5. The summed E-state index contributed by atoms with van der Waals surface area (Å²) in [6.07, 6.45) is 4.54. The normalized spacial score (nSPS) is 14.8. The summed E-state index contributed by atoms with van der Waals surface area (Å²) in [5.41, 5.74) is 7.49. The topological polar surface area (TPSA) is 137 Å². The number of rotatable bonds is 7. The number of hydrogen-bond acceptors (Lipinski definition) is 9. The second-order valence-electron chi connectivity index (χ2n) is 8.83. The first-order valence-corrected chi connectivity index (χ1v) is 11.6. The maximum Gasteiger partial charge on any atom is 0.291 e. The summed E-state index contributed by atoms with van der Waals surface area (Å²) >= 11 is 0. The molecule has 4 aromatic rings. The number of alkyl halides is 2. The van der Waals surface area contributed by atoms with Gasteiger partial charge in [0.15, 0.2) is 0 Å². The average molecular weight is 510 g/mol. The Morgan fingerprint density at radius 1 is 1.22 bits per heavy atom. The number of aryl methyl sites for hydroxylation is 1. The molecule has 4 heterocycles. The third-order valence-corrected chi connectivity index (χ3v) is 6.13. The van der Waals surface area contributed by atoms with Gasteiger partial charge in [-0.25, -0.2) is 33.4 Å². The lowest BCUT2D eigenvalue weighted by Crippen LogP contribution is -2.26. The molecule has 5 rings (SSSR count). The summed E-state index contributed by atoms with van der Waals surface area (Å²) in [6, 6.07) is 5.52. The number of nitrogens with one attached hydrogen (secondary N) is 1. The minimum atomic E-state index is -2.72. The number of carbonyl (C=O) groups excluding carboxylic acids is 1. The predicted molar refractivity (Wildman–Crippen MR) is 132 cm³/mol. The van der Waals surface area contributed by atoms with Crippen LogP contribution in [0.2, 0.25) is 0 Å². The molecule has 0 bridgehead atoms. The highest BCUT2D eigenvalue weighted by atomic mass is 19.3. The van der Waals surface area contributed by atoms with Crippen molar-refractivity contribution in [3.05, 3.63) is 59.6 Å². The smallest absolute Gasteiger partial charge is 0.291 e. The Morgan fingerprint density at radius 3 is 2.70 bits per heavy atom.